The summed E-state index contributed by atoms with van der Waals surface area (Å²) in [4.78, 5) is 11.2. The number of unbranched alkanes of at least 4 members (excludes halogenated alkanes) is 1. The molecule has 74 valence electrons. The molecule has 2 nitrogen and oxygen atoms in total. The van der Waals surface area contributed by atoms with Crippen LogP contribution in [0.25, 0.3) is 0 Å². The summed E-state index contributed by atoms with van der Waals surface area (Å²) < 4.78 is 5.59. The maximum atomic E-state index is 11.2. The molecule has 1 atom stereocenters. The van der Waals surface area contributed by atoms with Crippen LogP contribution in [0.1, 0.15) is 46.0 Å². The van der Waals surface area contributed by atoms with Crippen molar-refractivity contribution in [2.45, 2.75) is 51.6 Å². The molecule has 2 heteroatoms. The highest BCUT2D eigenvalue weighted by Crippen LogP contribution is 2.30. The van der Waals surface area contributed by atoms with Crippen LogP contribution < -0.4 is 0 Å². The third-order valence-corrected chi connectivity index (χ3v) is 2.70. The molecule has 0 saturated carbocycles. The molecule has 0 aliphatic carbocycles. The minimum atomic E-state index is -0.193. The lowest BCUT2D eigenvalue weighted by Crippen LogP contribution is -2.35. The van der Waals surface area contributed by atoms with Crippen molar-refractivity contribution in [3.63, 3.8) is 0 Å². The van der Waals surface area contributed by atoms with Crippen molar-refractivity contribution < 1.29 is 9.53 Å². The molecule has 13 heavy (non-hydrogen) atoms. The van der Waals surface area contributed by atoms with Crippen LogP contribution in [-0.2, 0) is 9.53 Å². The van der Waals surface area contributed by atoms with Gasteiger partial charge in [-0.3, -0.25) is 4.79 Å². The highest BCUT2D eigenvalue weighted by Gasteiger charge is 2.32. The average molecular weight is 182 g/mol. The zero-order valence-corrected chi connectivity index (χ0v) is 8.51. The number of rotatable bonds is 4. The summed E-state index contributed by atoms with van der Waals surface area (Å²) in [6.07, 6.45) is 7.85. The first-order valence-electron chi connectivity index (χ1n) is 5.09. The van der Waals surface area contributed by atoms with Gasteiger partial charge in [-0.2, -0.15) is 0 Å². The third-order valence-electron chi connectivity index (χ3n) is 2.70. The standard InChI is InChI=1S/C11H18O2/c1-3-5-7-11(4-2)9-10(12)6-8-13-11/h6,8H,3-5,7,9H2,1-2H3. The number of hydrogen-bond acceptors (Lipinski definition) is 2. The zero-order chi connectivity index (χ0) is 9.73. The Kier molecular flexibility index (Phi) is 3.52. The number of allylic oxidation sites excluding steroid dienone is 1. The van der Waals surface area contributed by atoms with Gasteiger partial charge in [0.25, 0.3) is 0 Å². The minimum absolute atomic E-state index is 0.193. The number of hydrogen-bond donors (Lipinski definition) is 0. The second-order valence-corrected chi connectivity index (χ2v) is 3.70. The van der Waals surface area contributed by atoms with Gasteiger partial charge >= 0.3 is 0 Å². The lowest BCUT2D eigenvalue weighted by Gasteiger charge is -2.33. The Morgan fingerprint density at radius 1 is 1.54 bits per heavy atom. The molecule has 1 aliphatic rings. The Labute approximate surface area is 80.0 Å². The number of carbonyl (C=O) groups excluding carboxylic acids is 1. The van der Waals surface area contributed by atoms with Crippen LogP contribution >= 0.6 is 0 Å². The Bertz CT molecular complexity index is 208. The van der Waals surface area contributed by atoms with Gasteiger partial charge in [-0.05, 0) is 19.3 Å². The molecule has 1 aliphatic heterocycles. The molecular formula is C11H18O2. The summed E-state index contributed by atoms with van der Waals surface area (Å²) in [6, 6.07) is 0. The summed E-state index contributed by atoms with van der Waals surface area (Å²) in [5, 5.41) is 0. The summed E-state index contributed by atoms with van der Waals surface area (Å²) >= 11 is 0. The lowest BCUT2D eigenvalue weighted by molar-refractivity contribution is -0.123. The van der Waals surface area contributed by atoms with Crippen LogP contribution in [0.3, 0.4) is 0 Å². The summed E-state index contributed by atoms with van der Waals surface area (Å²) in [6.45, 7) is 4.24. The minimum Gasteiger partial charge on any atom is -0.494 e. The molecule has 0 radical (unpaired) electrons. The molecule has 0 N–H and O–H groups in total. The second-order valence-electron chi connectivity index (χ2n) is 3.70. The van der Waals surface area contributed by atoms with Crippen LogP contribution in [0, 0.1) is 0 Å². The van der Waals surface area contributed by atoms with E-state index in [1.54, 1.807) is 6.26 Å². The predicted molar refractivity (Wildman–Crippen MR) is 52.4 cm³/mol. The van der Waals surface area contributed by atoms with E-state index in [4.69, 9.17) is 4.74 Å². The molecule has 0 saturated heterocycles. The Morgan fingerprint density at radius 3 is 2.85 bits per heavy atom. The van der Waals surface area contributed by atoms with Gasteiger partial charge in [0.15, 0.2) is 5.78 Å². The smallest absolute Gasteiger partial charge is 0.162 e. The molecule has 0 spiro atoms. The van der Waals surface area contributed by atoms with E-state index in [1.807, 2.05) is 0 Å². The van der Waals surface area contributed by atoms with Gasteiger partial charge in [-0.25, -0.2) is 0 Å². The summed E-state index contributed by atoms with van der Waals surface area (Å²) in [5.41, 5.74) is -0.193. The van der Waals surface area contributed by atoms with E-state index in [9.17, 15) is 4.79 Å². The van der Waals surface area contributed by atoms with Crippen molar-refractivity contribution in [1.82, 2.24) is 0 Å². The molecule has 0 bridgehead atoms. The van der Waals surface area contributed by atoms with Crippen LogP contribution in [0.2, 0.25) is 0 Å². The molecule has 0 fully saturated rings. The van der Waals surface area contributed by atoms with Crippen molar-refractivity contribution in [1.29, 1.82) is 0 Å². The maximum absolute atomic E-state index is 11.2. The van der Waals surface area contributed by atoms with Crippen molar-refractivity contribution in [2.24, 2.45) is 0 Å². The van der Waals surface area contributed by atoms with Crippen molar-refractivity contribution in [3.8, 4) is 0 Å². The van der Waals surface area contributed by atoms with Crippen LogP contribution in [-0.4, -0.2) is 11.4 Å². The third kappa shape index (κ3) is 2.58. The fraction of sp³-hybridized carbons (Fsp3) is 0.727. The first-order chi connectivity index (χ1) is 6.22. The van der Waals surface area contributed by atoms with E-state index in [2.05, 4.69) is 13.8 Å². The van der Waals surface area contributed by atoms with Gasteiger partial charge in [-0.15, -0.1) is 0 Å². The van der Waals surface area contributed by atoms with E-state index >= 15 is 0 Å². The molecule has 0 aromatic rings. The predicted octanol–water partition coefficient (Wildman–Crippen LogP) is 2.83. The molecule has 1 unspecified atom stereocenters. The zero-order valence-electron chi connectivity index (χ0n) is 8.51. The van der Waals surface area contributed by atoms with E-state index < -0.39 is 0 Å². The van der Waals surface area contributed by atoms with E-state index in [-0.39, 0.29) is 11.4 Å². The Balaban J connectivity index is 2.59. The number of ether oxygens (including phenoxy) is 1. The molecule has 0 aromatic heterocycles. The van der Waals surface area contributed by atoms with Crippen LogP contribution in [0.5, 0.6) is 0 Å². The normalized spacial score (nSPS) is 27.4. The largest absolute Gasteiger partial charge is 0.494 e. The number of ketones is 1. The molecule has 0 amide bonds. The van der Waals surface area contributed by atoms with E-state index in [0.717, 1.165) is 25.7 Å². The average Bonchev–Trinajstić information content (AvgIpc) is 2.15. The molecular weight excluding hydrogens is 164 g/mol. The number of carbonyl (C=O) groups is 1. The molecule has 0 aromatic carbocycles. The van der Waals surface area contributed by atoms with Gasteiger partial charge in [0.1, 0.15) is 5.60 Å². The van der Waals surface area contributed by atoms with Gasteiger partial charge in [-0.1, -0.05) is 20.3 Å². The van der Waals surface area contributed by atoms with Crippen LogP contribution in [0.15, 0.2) is 12.3 Å². The van der Waals surface area contributed by atoms with E-state index in [1.165, 1.54) is 6.08 Å². The van der Waals surface area contributed by atoms with Crippen molar-refractivity contribution in [3.05, 3.63) is 12.3 Å². The highest BCUT2D eigenvalue weighted by molar-refractivity contribution is 5.90. The van der Waals surface area contributed by atoms with E-state index in [0.29, 0.717) is 6.42 Å². The van der Waals surface area contributed by atoms with Gasteiger partial charge in [0.2, 0.25) is 0 Å². The maximum Gasteiger partial charge on any atom is 0.162 e. The topological polar surface area (TPSA) is 26.3 Å². The SMILES string of the molecule is CCCCC1(CC)CC(=O)C=CO1. The Hall–Kier alpha value is -0.790. The molecule has 1 rings (SSSR count). The fourth-order valence-corrected chi connectivity index (χ4v) is 1.70. The van der Waals surface area contributed by atoms with Gasteiger partial charge < -0.3 is 4.74 Å². The summed E-state index contributed by atoms with van der Waals surface area (Å²) in [7, 11) is 0. The monoisotopic (exact) mass is 182 g/mol. The van der Waals surface area contributed by atoms with Crippen molar-refractivity contribution >= 4 is 5.78 Å². The molecule has 1 heterocycles. The van der Waals surface area contributed by atoms with Crippen molar-refractivity contribution in [2.75, 3.05) is 0 Å². The summed E-state index contributed by atoms with van der Waals surface area (Å²) in [5.74, 6) is 0.198. The first-order valence-corrected chi connectivity index (χ1v) is 5.09. The second kappa shape index (κ2) is 4.45. The quantitative estimate of drug-likeness (QED) is 0.668. The van der Waals surface area contributed by atoms with Gasteiger partial charge in [0, 0.05) is 6.08 Å². The lowest BCUT2D eigenvalue weighted by atomic mass is 9.87. The van der Waals surface area contributed by atoms with Gasteiger partial charge in [0.05, 0.1) is 12.7 Å². The fourth-order valence-electron chi connectivity index (χ4n) is 1.70. The first kappa shape index (κ1) is 10.3. The van der Waals surface area contributed by atoms with Crippen LogP contribution in [0.4, 0.5) is 0 Å². The Morgan fingerprint density at radius 2 is 2.31 bits per heavy atom. The highest BCUT2D eigenvalue weighted by atomic mass is 16.5.